The van der Waals surface area contributed by atoms with E-state index in [0.29, 0.717) is 22.6 Å². The Morgan fingerprint density at radius 3 is 2.21 bits per heavy atom. The van der Waals surface area contributed by atoms with Crippen LogP contribution in [0.15, 0.2) is 48.5 Å². The lowest BCUT2D eigenvalue weighted by Gasteiger charge is -2.47. The molecule has 0 aliphatic carbocycles. The average Bonchev–Trinajstić information content (AvgIpc) is 2.91. The molecule has 2 aromatic rings. The molecule has 2 heterocycles. The van der Waals surface area contributed by atoms with Gasteiger partial charge in [-0.2, -0.15) is 9.48 Å². The first-order valence-corrected chi connectivity index (χ1v) is 13.0. The van der Waals surface area contributed by atoms with Gasteiger partial charge >= 0.3 is 5.97 Å². The van der Waals surface area contributed by atoms with Gasteiger partial charge in [-0.25, -0.2) is 9.18 Å². The maximum Gasteiger partial charge on any atom is 0.335 e. The number of rotatable bonds is 9. The predicted molar refractivity (Wildman–Crippen MR) is 135 cm³/mol. The monoisotopic (exact) mass is 568 g/mol. The second-order valence-corrected chi connectivity index (χ2v) is 10.6. The summed E-state index contributed by atoms with van der Waals surface area (Å²) in [7, 11) is 0. The molecule has 10 nitrogen and oxygen atoms in total. The minimum absolute atomic E-state index is 0.101. The van der Waals surface area contributed by atoms with Gasteiger partial charge in [-0.15, -0.1) is 0 Å². The van der Waals surface area contributed by atoms with E-state index in [2.05, 4.69) is 0 Å². The van der Waals surface area contributed by atoms with Crippen molar-refractivity contribution in [1.29, 1.82) is 0 Å². The Morgan fingerprint density at radius 2 is 1.62 bits per heavy atom. The first kappa shape index (κ1) is 29.5. The lowest BCUT2D eigenvalue weighted by Crippen LogP contribution is -2.65. The number of hydrogen-bond acceptors (Lipinski definition) is 8. The third kappa shape index (κ3) is 6.64. The number of carboxylic acid groups (broad SMARTS) is 1. The second-order valence-electron chi connectivity index (χ2n) is 10.1. The number of ether oxygens (including phenoxy) is 1. The number of hydrogen-bond donors (Lipinski definition) is 5. The average molecular weight is 569 g/mol. The van der Waals surface area contributed by atoms with Crippen LogP contribution in [0, 0.1) is 5.82 Å². The number of aliphatic hydroxyl groups excluding tert-OH is 3. The molecule has 5 atom stereocenters. The van der Waals surface area contributed by atoms with Gasteiger partial charge in [-0.3, -0.25) is 4.79 Å². The number of likely N-dealkylation sites (tertiary alicyclic amines) is 1. The van der Waals surface area contributed by atoms with Crippen LogP contribution in [-0.4, -0.2) is 92.3 Å². The highest BCUT2D eigenvalue weighted by Crippen LogP contribution is 2.38. The molecule has 5 N–H and O–H groups in total. The summed E-state index contributed by atoms with van der Waals surface area (Å²) in [6, 6.07) is 12.0. The number of quaternary nitrogens is 1. The molecule has 0 radical (unpaired) electrons. The molecule has 212 valence electrons. The molecule has 0 saturated carbocycles. The van der Waals surface area contributed by atoms with Gasteiger partial charge < -0.3 is 30.3 Å². The molecule has 0 unspecified atom stereocenters. The highest BCUT2D eigenvalue weighted by molar-refractivity contribution is 6.30. The smallest absolute Gasteiger partial charge is 0.335 e. The highest BCUT2D eigenvalue weighted by Gasteiger charge is 2.52. The summed E-state index contributed by atoms with van der Waals surface area (Å²) in [5, 5.41) is 52.1. The van der Waals surface area contributed by atoms with Crippen LogP contribution in [0.2, 0.25) is 5.02 Å². The van der Waals surface area contributed by atoms with E-state index in [1.165, 1.54) is 24.3 Å². The van der Waals surface area contributed by atoms with E-state index in [9.17, 15) is 39.5 Å². The van der Waals surface area contributed by atoms with E-state index in [1.54, 1.807) is 24.3 Å². The van der Waals surface area contributed by atoms with Gasteiger partial charge in [-0.05, 0) is 42.0 Å². The fourth-order valence-corrected chi connectivity index (χ4v) is 5.24. The zero-order chi connectivity index (χ0) is 28.4. The van der Waals surface area contributed by atoms with Crippen LogP contribution in [0.25, 0.3) is 0 Å². The molecule has 39 heavy (non-hydrogen) atoms. The van der Waals surface area contributed by atoms with E-state index in [4.69, 9.17) is 21.2 Å². The van der Waals surface area contributed by atoms with Crippen molar-refractivity contribution in [2.24, 2.45) is 0 Å². The van der Waals surface area contributed by atoms with E-state index >= 15 is 0 Å². The van der Waals surface area contributed by atoms with Crippen LogP contribution in [0.5, 0.6) is 0 Å². The van der Waals surface area contributed by atoms with E-state index in [0.717, 1.165) is 0 Å². The Bertz CT molecular complexity index is 1150. The molecule has 2 aliphatic rings. The number of benzene rings is 2. The van der Waals surface area contributed by atoms with Crippen molar-refractivity contribution in [2.75, 3.05) is 19.6 Å². The van der Waals surface area contributed by atoms with Gasteiger partial charge in [0.05, 0.1) is 0 Å². The van der Waals surface area contributed by atoms with Crippen molar-refractivity contribution < 1.29 is 53.7 Å². The van der Waals surface area contributed by atoms with Crippen LogP contribution in [-0.2, 0) is 20.0 Å². The summed E-state index contributed by atoms with van der Waals surface area (Å²) in [5.74, 6) is -2.19. The molecule has 2 saturated heterocycles. The minimum Gasteiger partial charge on any atom is -0.479 e. The molecule has 2 fully saturated rings. The molecular weight excluding hydrogens is 537 g/mol. The molecule has 0 aromatic heterocycles. The zero-order valence-corrected chi connectivity index (χ0v) is 21.8. The minimum atomic E-state index is -1.87. The fraction of sp³-hybridized carbons (Fsp3) is 0.481. The number of nitrogens with zero attached hydrogens (tertiary/aromatic N) is 1. The molecule has 0 spiro atoms. The highest BCUT2D eigenvalue weighted by atomic mass is 35.5. The van der Waals surface area contributed by atoms with Crippen molar-refractivity contribution in [3.8, 4) is 0 Å². The summed E-state index contributed by atoms with van der Waals surface area (Å²) < 4.78 is 18.4. The van der Waals surface area contributed by atoms with Gasteiger partial charge in [0.1, 0.15) is 49.4 Å². The summed E-state index contributed by atoms with van der Waals surface area (Å²) in [5.41, 5.74) is -0.188. The summed E-state index contributed by atoms with van der Waals surface area (Å²) >= 11 is 5.99. The summed E-state index contributed by atoms with van der Waals surface area (Å²) in [6.45, 7) is 0.631. The number of aliphatic carboxylic acids is 1. The Morgan fingerprint density at radius 1 is 1.00 bits per heavy atom. The normalized spacial score (nSPS) is 33.0. The summed E-state index contributed by atoms with van der Waals surface area (Å²) in [4.78, 5) is 30.3. The Hall–Kier alpha value is -2.48. The lowest BCUT2D eigenvalue weighted by atomic mass is 9.84. The number of ketones is 1. The third-order valence-electron chi connectivity index (χ3n) is 7.52. The SMILES string of the molecule is O=C(CCC[N+]1(O[C@@H]2O[C@H](C(=O)O)[C@@H](O)[C@H](O)[C@H]2O)CCC(O)(c2ccc(Cl)cc2)CC1)c1ccc(F)cc1. The number of carbonyl (C=O) groups is 2. The Kier molecular flexibility index (Phi) is 9.04. The summed E-state index contributed by atoms with van der Waals surface area (Å²) in [6.07, 6.45) is -8.02. The van der Waals surface area contributed by atoms with E-state index in [-0.39, 0.29) is 49.3 Å². The molecule has 0 amide bonds. The van der Waals surface area contributed by atoms with Gasteiger partial charge in [-0.1, -0.05) is 23.7 Å². The second kappa shape index (κ2) is 11.9. The van der Waals surface area contributed by atoms with Crippen molar-refractivity contribution in [1.82, 2.24) is 0 Å². The van der Waals surface area contributed by atoms with Crippen LogP contribution >= 0.6 is 11.6 Å². The van der Waals surface area contributed by atoms with Crippen LogP contribution in [0.4, 0.5) is 4.39 Å². The van der Waals surface area contributed by atoms with Crippen LogP contribution in [0.3, 0.4) is 0 Å². The fourth-order valence-electron chi connectivity index (χ4n) is 5.11. The van der Waals surface area contributed by atoms with Gasteiger partial charge in [0.15, 0.2) is 11.9 Å². The number of Topliss-reactive ketones (excluding diaryl/α,β-unsaturated/α-hetero) is 1. The number of carbonyl (C=O) groups excluding carboxylic acids is 1. The van der Waals surface area contributed by atoms with Crippen molar-refractivity contribution in [3.63, 3.8) is 0 Å². The van der Waals surface area contributed by atoms with Gasteiger partial charge in [0.25, 0.3) is 0 Å². The Balaban J connectivity index is 1.51. The van der Waals surface area contributed by atoms with Crippen LogP contribution < -0.4 is 0 Å². The van der Waals surface area contributed by atoms with Crippen molar-refractivity contribution in [3.05, 3.63) is 70.5 Å². The largest absolute Gasteiger partial charge is 0.479 e. The van der Waals surface area contributed by atoms with E-state index in [1.807, 2.05) is 0 Å². The first-order chi connectivity index (χ1) is 18.4. The quantitative estimate of drug-likeness (QED) is 0.225. The molecular formula is C27H32ClFNO9+. The lowest BCUT2D eigenvalue weighted by molar-refractivity contribution is -1.12. The third-order valence-corrected chi connectivity index (χ3v) is 7.78. The molecule has 12 heteroatoms. The predicted octanol–water partition coefficient (Wildman–Crippen LogP) is 1.76. The van der Waals surface area contributed by atoms with Crippen molar-refractivity contribution in [2.45, 2.75) is 62.0 Å². The number of halogens is 2. The van der Waals surface area contributed by atoms with Crippen LogP contribution in [0.1, 0.15) is 41.6 Å². The number of hydroxylamine groups is 3. The topological polar surface area (TPSA) is 154 Å². The number of aliphatic hydroxyl groups is 4. The molecule has 0 bridgehead atoms. The number of piperidine rings is 1. The maximum absolute atomic E-state index is 13.2. The molecule has 2 aromatic carbocycles. The zero-order valence-electron chi connectivity index (χ0n) is 21.0. The first-order valence-electron chi connectivity index (χ1n) is 12.7. The molecule has 2 aliphatic heterocycles. The van der Waals surface area contributed by atoms with Gasteiger partial charge in [0.2, 0.25) is 6.29 Å². The van der Waals surface area contributed by atoms with E-state index < -0.39 is 48.1 Å². The van der Waals surface area contributed by atoms with Gasteiger partial charge in [0, 0.05) is 36.3 Å². The number of carboxylic acids is 1. The molecule has 4 rings (SSSR count). The maximum atomic E-state index is 13.2. The standard InChI is InChI=1S/C27H31ClFNO9/c28-18-7-5-17(6-8-18)27(37)11-14-30(15-12-27,13-1-2-20(31)16-3-9-19(29)10-4-16)39-26-23(34)21(32)22(33)24(38-26)25(35)36/h3-10,21-24,26,32-34,37H,1-2,11-15H2/p+1/t21-,22-,23+,24-,26-,27?,30?/m0/s1. The Labute approximate surface area is 229 Å². The van der Waals surface area contributed by atoms with Crippen molar-refractivity contribution >= 4 is 23.4 Å².